The summed E-state index contributed by atoms with van der Waals surface area (Å²) >= 11 is 6.18. The zero-order valence-electron chi connectivity index (χ0n) is 19.5. The molecule has 0 aliphatic carbocycles. The number of unbranched alkanes of at least 4 members (excludes halogenated alkanes) is 2. The van der Waals surface area contributed by atoms with Crippen LogP contribution >= 0.6 is 11.6 Å². The molecule has 0 fully saturated rings. The van der Waals surface area contributed by atoms with Crippen LogP contribution in [0, 0.1) is 0 Å². The second-order valence-corrected chi connectivity index (χ2v) is 9.13. The highest BCUT2D eigenvalue weighted by molar-refractivity contribution is 6.31. The van der Waals surface area contributed by atoms with Gasteiger partial charge in [0.15, 0.2) is 5.82 Å². The van der Waals surface area contributed by atoms with Crippen molar-refractivity contribution in [3.8, 4) is 5.69 Å². The number of aromatic carboxylic acids is 1. The highest BCUT2D eigenvalue weighted by Crippen LogP contribution is 2.33. The molecule has 0 aliphatic rings. The van der Waals surface area contributed by atoms with Crippen molar-refractivity contribution in [1.82, 2.24) is 30.5 Å². The summed E-state index contributed by atoms with van der Waals surface area (Å²) in [6.07, 6.45) is 3.10. The lowest BCUT2D eigenvalue weighted by Gasteiger charge is -2.19. The third kappa shape index (κ3) is 4.83. The van der Waals surface area contributed by atoms with Gasteiger partial charge in [0.25, 0.3) is 0 Å². The zero-order valence-corrected chi connectivity index (χ0v) is 20.3. The van der Waals surface area contributed by atoms with Gasteiger partial charge in [-0.1, -0.05) is 63.4 Å². The second kappa shape index (κ2) is 10.4. The molecule has 0 radical (unpaired) electrons. The van der Waals surface area contributed by atoms with Gasteiger partial charge in [0.05, 0.1) is 11.7 Å². The van der Waals surface area contributed by atoms with Crippen LogP contribution in [0.1, 0.15) is 79.4 Å². The largest absolute Gasteiger partial charge is 0.477 e. The summed E-state index contributed by atoms with van der Waals surface area (Å²) in [4.78, 5) is 15.3. The maximum absolute atomic E-state index is 12.2. The Hall–Kier alpha value is -3.23. The van der Waals surface area contributed by atoms with Crippen LogP contribution in [-0.4, -0.2) is 42.8 Å². The molecule has 0 saturated heterocycles. The molecule has 1 unspecified atom stereocenters. The lowest BCUT2D eigenvalue weighted by Crippen LogP contribution is -2.28. The summed E-state index contributed by atoms with van der Waals surface area (Å²) in [6, 6.07) is 12.9. The fourth-order valence-electron chi connectivity index (χ4n) is 4.16. The van der Waals surface area contributed by atoms with Crippen LogP contribution in [0.4, 0.5) is 0 Å². The highest BCUT2D eigenvalue weighted by Gasteiger charge is 2.30. The van der Waals surface area contributed by atoms with Crippen molar-refractivity contribution < 1.29 is 9.90 Å². The summed E-state index contributed by atoms with van der Waals surface area (Å²) in [5, 5.41) is 27.3. The number of benzene rings is 2. The fourth-order valence-corrected chi connectivity index (χ4v) is 4.33. The number of nitrogens with one attached hydrogen (secondary N) is 2. The molecular weight excluding hydrogens is 452 g/mol. The summed E-state index contributed by atoms with van der Waals surface area (Å²) in [6.45, 7) is 7.12. The van der Waals surface area contributed by atoms with Crippen LogP contribution < -0.4 is 5.32 Å². The number of carbonyl (C=O) groups is 1. The summed E-state index contributed by atoms with van der Waals surface area (Å²) in [7, 11) is 0. The lowest BCUT2D eigenvalue weighted by molar-refractivity contribution is 0.0689. The Bertz CT molecular complexity index is 1280. The molecule has 9 heteroatoms. The molecule has 1 atom stereocenters. The normalized spacial score (nSPS) is 12.5. The van der Waals surface area contributed by atoms with Crippen LogP contribution in [0.15, 0.2) is 42.5 Å². The number of hydrogen-bond donors (Lipinski definition) is 3. The van der Waals surface area contributed by atoms with E-state index in [2.05, 4.69) is 58.7 Å². The van der Waals surface area contributed by atoms with Crippen molar-refractivity contribution in [3.63, 3.8) is 0 Å². The topological polar surface area (TPSA) is 109 Å². The first kappa shape index (κ1) is 23.9. The number of aromatic nitrogens is 5. The Kier molecular flexibility index (Phi) is 7.29. The van der Waals surface area contributed by atoms with E-state index < -0.39 is 12.0 Å². The molecule has 0 bridgehead atoms. The number of rotatable bonds is 10. The third-order valence-corrected chi connectivity index (χ3v) is 6.22. The van der Waals surface area contributed by atoms with Gasteiger partial charge >= 0.3 is 5.97 Å². The van der Waals surface area contributed by atoms with Crippen LogP contribution in [0.2, 0.25) is 5.02 Å². The van der Waals surface area contributed by atoms with Crippen LogP contribution in [0.5, 0.6) is 0 Å². The van der Waals surface area contributed by atoms with E-state index in [1.807, 2.05) is 18.2 Å². The van der Waals surface area contributed by atoms with E-state index in [1.54, 1.807) is 16.8 Å². The molecule has 178 valence electrons. The van der Waals surface area contributed by atoms with Gasteiger partial charge in [-0.2, -0.15) is 4.68 Å². The lowest BCUT2D eigenvalue weighted by atomic mass is 10.0. The second-order valence-electron chi connectivity index (χ2n) is 8.70. The number of carboxylic acid groups (broad SMARTS) is 1. The average molecular weight is 481 g/mol. The number of hydrogen-bond acceptors (Lipinski definition) is 5. The van der Waals surface area contributed by atoms with E-state index >= 15 is 0 Å². The average Bonchev–Trinajstić information content (AvgIpc) is 3.44. The predicted octanol–water partition coefficient (Wildman–Crippen LogP) is 5.49. The number of H-pyrrole nitrogens is 1. The Morgan fingerprint density at radius 2 is 1.94 bits per heavy atom. The molecule has 2 heterocycles. The first-order valence-electron chi connectivity index (χ1n) is 11.6. The van der Waals surface area contributed by atoms with Crippen LogP contribution in [0.3, 0.4) is 0 Å². The van der Waals surface area contributed by atoms with Gasteiger partial charge in [-0.25, -0.2) is 4.79 Å². The van der Waals surface area contributed by atoms with E-state index in [-0.39, 0.29) is 5.69 Å². The number of halogens is 1. The quantitative estimate of drug-likeness (QED) is 0.259. The molecule has 3 N–H and O–H groups in total. The molecular formula is C25H29ClN6O2. The van der Waals surface area contributed by atoms with E-state index in [1.165, 1.54) is 5.56 Å². The van der Waals surface area contributed by atoms with E-state index in [0.29, 0.717) is 34.4 Å². The Balaban J connectivity index is 1.84. The fraction of sp³-hybridized carbons (Fsp3) is 0.360. The maximum atomic E-state index is 12.2. The molecule has 4 aromatic rings. The van der Waals surface area contributed by atoms with Crippen molar-refractivity contribution >= 4 is 28.5 Å². The molecule has 34 heavy (non-hydrogen) atoms. The summed E-state index contributed by atoms with van der Waals surface area (Å²) in [5.41, 5.74) is 3.36. The first-order chi connectivity index (χ1) is 16.4. The Morgan fingerprint density at radius 3 is 2.62 bits per heavy atom. The Morgan fingerprint density at radius 1 is 1.18 bits per heavy atom. The number of fused-ring (bicyclic) bond motifs is 1. The molecule has 0 saturated carbocycles. The monoisotopic (exact) mass is 480 g/mol. The van der Waals surface area contributed by atoms with Crippen molar-refractivity contribution in [2.45, 2.75) is 52.0 Å². The number of aromatic amines is 1. The molecule has 8 nitrogen and oxygen atoms in total. The minimum absolute atomic E-state index is 0.0926. The standard InChI is InChI=1S/C25H29ClN6O2/c1-4-5-6-13-27-22(21-19-12-9-17(26)14-20(19)28-23(21)25(33)34)24-29-30-31-32(24)18-10-7-16(8-11-18)15(2)3/h7-12,14-15,22,27-28H,4-6,13H2,1-3H3,(H,33,34). The van der Waals surface area contributed by atoms with Crippen molar-refractivity contribution in [1.29, 1.82) is 0 Å². The third-order valence-electron chi connectivity index (χ3n) is 5.99. The van der Waals surface area contributed by atoms with Gasteiger partial charge in [0, 0.05) is 21.5 Å². The molecule has 0 amide bonds. The van der Waals surface area contributed by atoms with Gasteiger partial charge in [-0.3, -0.25) is 0 Å². The SMILES string of the molecule is CCCCCNC(c1c(C(=O)O)[nH]c2cc(Cl)ccc12)c1nnnn1-c1ccc(C(C)C)cc1. The van der Waals surface area contributed by atoms with Crippen molar-refractivity contribution in [2.75, 3.05) is 6.54 Å². The van der Waals surface area contributed by atoms with Crippen molar-refractivity contribution in [3.05, 3.63) is 70.1 Å². The highest BCUT2D eigenvalue weighted by atomic mass is 35.5. The van der Waals surface area contributed by atoms with Crippen LogP contribution in [0.25, 0.3) is 16.6 Å². The van der Waals surface area contributed by atoms with Crippen molar-refractivity contribution in [2.24, 2.45) is 0 Å². The molecule has 4 rings (SSSR count). The van der Waals surface area contributed by atoms with Gasteiger partial charge in [0.1, 0.15) is 5.69 Å². The minimum atomic E-state index is -1.05. The molecule has 2 aromatic heterocycles. The van der Waals surface area contributed by atoms with E-state index in [4.69, 9.17) is 11.6 Å². The minimum Gasteiger partial charge on any atom is -0.477 e. The summed E-state index contributed by atoms with van der Waals surface area (Å²) < 4.78 is 1.67. The summed E-state index contributed by atoms with van der Waals surface area (Å²) in [5.74, 6) is -0.123. The first-order valence-corrected chi connectivity index (χ1v) is 11.9. The molecule has 2 aromatic carbocycles. The van der Waals surface area contributed by atoms with Gasteiger partial charge < -0.3 is 15.4 Å². The maximum Gasteiger partial charge on any atom is 0.352 e. The molecule has 0 spiro atoms. The van der Waals surface area contributed by atoms with Gasteiger partial charge in [-0.05, 0) is 59.1 Å². The zero-order chi connectivity index (χ0) is 24.2. The number of nitrogens with zero attached hydrogens (tertiary/aromatic N) is 4. The smallest absolute Gasteiger partial charge is 0.352 e. The van der Waals surface area contributed by atoms with Gasteiger partial charge in [0.2, 0.25) is 0 Å². The van der Waals surface area contributed by atoms with E-state index in [0.717, 1.165) is 30.3 Å². The molecule has 0 aliphatic heterocycles. The Labute approximate surface area is 203 Å². The van der Waals surface area contributed by atoms with Crippen LogP contribution in [-0.2, 0) is 0 Å². The van der Waals surface area contributed by atoms with Gasteiger partial charge in [-0.15, -0.1) is 5.10 Å². The number of carboxylic acids is 1. The predicted molar refractivity (Wildman–Crippen MR) is 133 cm³/mol. The van der Waals surface area contributed by atoms with E-state index in [9.17, 15) is 9.90 Å². The number of tetrazole rings is 1.